The van der Waals surface area contributed by atoms with Crippen LogP contribution < -0.4 is 5.73 Å². The maximum absolute atomic E-state index is 11.8. The molecule has 7 heteroatoms. The maximum Gasteiger partial charge on any atom is 0.420 e. The molecule has 0 bridgehead atoms. The van der Waals surface area contributed by atoms with E-state index >= 15 is 0 Å². The zero-order chi connectivity index (χ0) is 13.9. The summed E-state index contributed by atoms with van der Waals surface area (Å²) < 4.78 is 6.32. The maximum atomic E-state index is 11.8. The summed E-state index contributed by atoms with van der Waals surface area (Å²) in [5.74, 6) is -1.13. The van der Waals surface area contributed by atoms with Gasteiger partial charge in [0.15, 0.2) is 0 Å². The summed E-state index contributed by atoms with van der Waals surface area (Å²) in [4.78, 5) is 26.3. The molecule has 0 amide bonds. The first kappa shape index (κ1) is 14.2. The van der Waals surface area contributed by atoms with Gasteiger partial charge in [-0.2, -0.15) is 0 Å². The topological polar surface area (TPSA) is 107 Å². The lowest BCUT2D eigenvalue weighted by atomic mass is 10.2. The lowest BCUT2D eigenvalue weighted by Crippen LogP contribution is -2.34. The fourth-order valence-electron chi connectivity index (χ4n) is 1.26. The van der Waals surface area contributed by atoms with Crippen LogP contribution in [0.5, 0.6) is 0 Å². The van der Waals surface area contributed by atoms with Crippen molar-refractivity contribution >= 4 is 12.1 Å². The van der Waals surface area contributed by atoms with Crippen LogP contribution in [0.2, 0.25) is 0 Å². The number of aliphatic carboxylic acids is 1. The smallest absolute Gasteiger partial charge is 0.420 e. The average molecular weight is 255 g/mol. The predicted octanol–water partition coefficient (Wildman–Crippen LogP) is 0.621. The Kier molecular flexibility index (Phi) is 4.07. The van der Waals surface area contributed by atoms with E-state index in [0.717, 1.165) is 4.57 Å². The molecule has 7 nitrogen and oxygen atoms in total. The zero-order valence-corrected chi connectivity index (χ0v) is 10.6. The first-order valence-electron chi connectivity index (χ1n) is 5.43. The van der Waals surface area contributed by atoms with E-state index < -0.39 is 23.7 Å². The Hall–Kier alpha value is -1.89. The molecule has 0 radical (unpaired) electrons. The van der Waals surface area contributed by atoms with Gasteiger partial charge >= 0.3 is 12.1 Å². The number of hydrogen-bond donors (Lipinski definition) is 2. The molecule has 1 atom stereocenters. The molecule has 18 heavy (non-hydrogen) atoms. The molecule has 0 aliphatic rings. The number of imidazole rings is 1. The molecule has 0 saturated heterocycles. The summed E-state index contributed by atoms with van der Waals surface area (Å²) in [6, 6.07) is -1.08. The SMILES string of the molecule is CC(C)(C)OC(=O)n1cncc1CC(N)C(=O)O. The molecule has 1 aromatic rings. The van der Waals surface area contributed by atoms with E-state index in [4.69, 9.17) is 15.6 Å². The number of rotatable bonds is 3. The van der Waals surface area contributed by atoms with Crippen LogP contribution in [0.4, 0.5) is 4.79 Å². The molecule has 0 fully saturated rings. The van der Waals surface area contributed by atoms with Gasteiger partial charge in [-0.05, 0) is 20.8 Å². The fraction of sp³-hybridized carbons (Fsp3) is 0.545. The van der Waals surface area contributed by atoms with Gasteiger partial charge in [-0.25, -0.2) is 14.3 Å². The summed E-state index contributed by atoms with van der Waals surface area (Å²) in [7, 11) is 0. The molecule has 1 aromatic heterocycles. The van der Waals surface area contributed by atoms with Gasteiger partial charge < -0.3 is 15.6 Å². The molecular weight excluding hydrogens is 238 g/mol. The van der Waals surface area contributed by atoms with Crippen molar-refractivity contribution in [3.63, 3.8) is 0 Å². The average Bonchev–Trinajstić information content (AvgIpc) is 2.62. The van der Waals surface area contributed by atoms with E-state index in [2.05, 4.69) is 4.98 Å². The standard InChI is InChI=1S/C11H17N3O4/c1-11(2,3)18-10(17)14-6-13-5-7(14)4-8(12)9(15)16/h5-6,8H,4,12H2,1-3H3,(H,15,16). The highest BCUT2D eigenvalue weighted by Crippen LogP contribution is 2.11. The Bertz CT molecular complexity index is 447. The Morgan fingerprint density at radius 2 is 2.17 bits per heavy atom. The van der Waals surface area contributed by atoms with Gasteiger partial charge in [0, 0.05) is 12.6 Å². The lowest BCUT2D eigenvalue weighted by molar-refractivity contribution is -0.138. The van der Waals surface area contributed by atoms with Crippen LogP contribution in [0.1, 0.15) is 26.5 Å². The highest BCUT2D eigenvalue weighted by molar-refractivity contribution is 5.74. The minimum Gasteiger partial charge on any atom is -0.480 e. The van der Waals surface area contributed by atoms with Crippen LogP contribution in [0, 0.1) is 0 Å². The van der Waals surface area contributed by atoms with Crippen molar-refractivity contribution in [2.24, 2.45) is 5.73 Å². The summed E-state index contributed by atoms with van der Waals surface area (Å²) >= 11 is 0. The number of nitrogens with two attached hydrogens (primary N) is 1. The van der Waals surface area contributed by atoms with E-state index in [9.17, 15) is 9.59 Å². The zero-order valence-electron chi connectivity index (χ0n) is 10.6. The third-order valence-electron chi connectivity index (χ3n) is 2.05. The van der Waals surface area contributed by atoms with Crippen LogP contribution in [0.25, 0.3) is 0 Å². The van der Waals surface area contributed by atoms with Crippen molar-refractivity contribution in [1.82, 2.24) is 9.55 Å². The number of hydrogen-bond acceptors (Lipinski definition) is 5. The molecule has 0 aliphatic heterocycles. The van der Waals surface area contributed by atoms with Crippen molar-refractivity contribution in [2.75, 3.05) is 0 Å². The van der Waals surface area contributed by atoms with E-state index in [0.29, 0.717) is 5.69 Å². The summed E-state index contributed by atoms with van der Waals surface area (Å²) in [5.41, 5.74) is 5.18. The molecule has 3 N–H and O–H groups in total. The van der Waals surface area contributed by atoms with Crippen molar-refractivity contribution in [1.29, 1.82) is 0 Å². The summed E-state index contributed by atoms with van der Waals surface area (Å²) in [6.07, 6.45) is 2.08. The van der Waals surface area contributed by atoms with E-state index in [1.807, 2.05) is 0 Å². The molecule has 0 spiro atoms. The highest BCUT2D eigenvalue weighted by Gasteiger charge is 2.22. The van der Waals surface area contributed by atoms with E-state index in [1.54, 1.807) is 20.8 Å². The first-order valence-corrected chi connectivity index (χ1v) is 5.43. The van der Waals surface area contributed by atoms with E-state index in [1.165, 1.54) is 12.5 Å². The minimum absolute atomic E-state index is 0.00851. The molecule has 0 aromatic carbocycles. The van der Waals surface area contributed by atoms with Gasteiger partial charge in [-0.15, -0.1) is 0 Å². The van der Waals surface area contributed by atoms with Crippen molar-refractivity contribution in [2.45, 2.75) is 38.8 Å². The van der Waals surface area contributed by atoms with Gasteiger partial charge in [-0.1, -0.05) is 0 Å². The van der Waals surface area contributed by atoms with Crippen LogP contribution in [-0.2, 0) is 16.0 Å². The number of ether oxygens (including phenoxy) is 1. The van der Waals surface area contributed by atoms with Crippen molar-refractivity contribution < 1.29 is 19.4 Å². The molecule has 0 aliphatic carbocycles. The van der Waals surface area contributed by atoms with Crippen LogP contribution in [0.3, 0.4) is 0 Å². The van der Waals surface area contributed by atoms with Crippen molar-refractivity contribution in [3.05, 3.63) is 18.2 Å². The third-order valence-corrected chi connectivity index (χ3v) is 2.05. The second-order valence-electron chi connectivity index (χ2n) is 4.88. The first-order chi connectivity index (χ1) is 8.20. The molecule has 1 unspecified atom stereocenters. The van der Waals surface area contributed by atoms with Crippen LogP contribution in [0.15, 0.2) is 12.5 Å². The van der Waals surface area contributed by atoms with Gasteiger partial charge in [0.2, 0.25) is 0 Å². The molecule has 1 heterocycles. The molecule has 100 valence electrons. The fourth-order valence-corrected chi connectivity index (χ4v) is 1.26. The van der Waals surface area contributed by atoms with Crippen LogP contribution >= 0.6 is 0 Å². The Balaban J connectivity index is 2.82. The van der Waals surface area contributed by atoms with Crippen molar-refractivity contribution in [3.8, 4) is 0 Å². The monoisotopic (exact) mass is 255 g/mol. The van der Waals surface area contributed by atoms with Gasteiger partial charge in [0.25, 0.3) is 0 Å². The normalized spacial score (nSPS) is 13.1. The van der Waals surface area contributed by atoms with Gasteiger partial charge in [-0.3, -0.25) is 4.79 Å². The minimum atomic E-state index is -1.13. The number of aromatic nitrogens is 2. The predicted molar refractivity (Wildman–Crippen MR) is 63.2 cm³/mol. The second kappa shape index (κ2) is 5.18. The number of nitrogens with zero attached hydrogens (tertiary/aromatic N) is 2. The summed E-state index contributed by atoms with van der Waals surface area (Å²) in [5, 5.41) is 8.73. The quantitative estimate of drug-likeness (QED) is 0.819. The Morgan fingerprint density at radius 3 is 2.67 bits per heavy atom. The van der Waals surface area contributed by atoms with Gasteiger partial charge in [0.05, 0.1) is 5.69 Å². The molecule has 1 rings (SSSR count). The number of carboxylic acids is 1. The number of carbonyl (C=O) groups is 2. The van der Waals surface area contributed by atoms with Gasteiger partial charge in [0.1, 0.15) is 18.0 Å². The largest absolute Gasteiger partial charge is 0.480 e. The Morgan fingerprint density at radius 1 is 1.56 bits per heavy atom. The number of carboxylic acid groups (broad SMARTS) is 1. The second-order valence-corrected chi connectivity index (χ2v) is 4.88. The van der Waals surface area contributed by atoms with Crippen LogP contribution in [-0.4, -0.2) is 38.4 Å². The summed E-state index contributed by atoms with van der Waals surface area (Å²) in [6.45, 7) is 5.22. The highest BCUT2D eigenvalue weighted by atomic mass is 16.6. The molecule has 0 saturated carbocycles. The third kappa shape index (κ3) is 3.85. The number of carbonyl (C=O) groups excluding carboxylic acids is 1. The lowest BCUT2D eigenvalue weighted by Gasteiger charge is -2.20. The Labute approximate surface area is 105 Å². The molecular formula is C11H17N3O4. The van der Waals surface area contributed by atoms with E-state index in [-0.39, 0.29) is 6.42 Å².